The lowest BCUT2D eigenvalue weighted by Crippen LogP contribution is -2.28. The van der Waals surface area contributed by atoms with Crippen LogP contribution in [-0.2, 0) is 17.8 Å². The molecule has 0 saturated carbocycles. The van der Waals surface area contributed by atoms with Crippen LogP contribution >= 0.6 is 0 Å². The zero-order chi connectivity index (χ0) is 15.1. The highest BCUT2D eigenvalue weighted by Crippen LogP contribution is 2.35. The van der Waals surface area contributed by atoms with Crippen molar-refractivity contribution in [1.82, 2.24) is 0 Å². The van der Waals surface area contributed by atoms with Gasteiger partial charge in [-0.05, 0) is 32.9 Å². The van der Waals surface area contributed by atoms with E-state index in [2.05, 4.69) is 4.40 Å². The number of fused-ring (bicyclic) bond motifs is 1. The van der Waals surface area contributed by atoms with Gasteiger partial charge in [0.15, 0.2) is 17.7 Å². The summed E-state index contributed by atoms with van der Waals surface area (Å²) in [7, 11) is 1.34. The Morgan fingerprint density at radius 3 is 2.60 bits per heavy atom. The van der Waals surface area contributed by atoms with Crippen LogP contribution in [0.4, 0.5) is 8.78 Å². The van der Waals surface area contributed by atoms with Gasteiger partial charge in [-0.25, -0.2) is 8.78 Å². The van der Waals surface area contributed by atoms with Gasteiger partial charge in [-0.2, -0.15) is 0 Å². The number of nitrogens with zero attached hydrogens (tertiary/aromatic N) is 1. The van der Waals surface area contributed by atoms with Crippen LogP contribution in [0.5, 0.6) is 5.75 Å². The molecule has 0 aromatic heterocycles. The van der Waals surface area contributed by atoms with E-state index in [0.29, 0.717) is 11.1 Å². The zero-order valence-electron chi connectivity index (χ0n) is 11.9. The predicted molar refractivity (Wildman–Crippen MR) is 76.0 cm³/mol. The Kier molecular flexibility index (Phi) is 4.07. The molecule has 0 saturated heterocycles. The summed E-state index contributed by atoms with van der Waals surface area (Å²) in [4.78, 5) is 0. The van der Waals surface area contributed by atoms with E-state index in [0.717, 1.165) is 0 Å². The molecule has 2 rings (SSSR count). The van der Waals surface area contributed by atoms with Gasteiger partial charge in [-0.1, -0.05) is 4.40 Å². The molecule has 0 radical (unpaired) electrons. The molecule has 1 aliphatic rings. The molecule has 110 valence electrons. The SMILES string of the molecule is COc1c(F)ccc2c1C[C@H](F)C2=N[S+]([O-])C(C)(C)C. The van der Waals surface area contributed by atoms with Crippen molar-refractivity contribution in [3.63, 3.8) is 0 Å². The van der Waals surface area contributed by atoms with Crippen LogP contribution in [0.15, 0.2) is 16.5 Å². The van der Waals surface area contributed by atoms with E-state index >= 15 is 0 Å². The van der Waals surface area contributed by atoms with E-state index in [-0.39, 0.29) is 17.9 Å². The molecule has 20 heavy (non-hydrogen) atoms. The Labute approximate surface area is 120 Å². The summed E-state index contributed by atoms with van der Waals surface area (Å²) < 4.78 is 48.2. The lowest BCUT2D eigenvalue weighted by Gasteiger charge is -2.19. The molecule has 1 aromatic rings. The van der Waals surface area contributed by atoms with Gasteiger partial charge in [0.1, 0.15) is 21.8 Å². The van der Waals surface area contributed by atoms with Gasteiger partial charge in [0.25, 0.3) is 0 Å². The van der Waals surface area contributed by atoms with Gasteiger partial charge in [-0.3, -0.25) is 0 Å². The highest BCUT2D eigenvalue weighted by atomic mass is 32.2. The minimum absolute atomic E-state index is 0.00353. The van der Waals surface area contributed by atoms with E-state index in [1.807, 2.05) is 0 Å². The number of benzene rings is 1. The molecule has 0 amide bonds. The van der Waals surface area contributed by atoms with Gasteiger partial charge in [0.05, 0.1) is 7.11 Å². The lowest BCUT2D eigenvalue weighted by molar-refractivity contribution is 0.375. The molecule has 3 nitrogen and oxygen atoms in total. The summed E-state index contributed by atoms with van der Waals surface area (Å²) in [6, 6.07) is 2.68. The fourth-order valence-corrected chi connectivity index (χ4v) is 2.71. The molecule has 0 heterocycles. The fourth-order valence-electron chi connectivity index (χ4n) is 2.04. The van der Waals surface area contributed by atoms with Gasteiger partial charge >= 0.3 is 0 Å². The van der Waals surface area contributed by atoms with Crippen LogP contribution in [0.3, 0.4) is 0 Å². The third kappa shape index (κ3) is 2.67. The van der Waals surface area contributed by atoms with Gasteiger partial charge in [0.2, 0.25) is 0 Å². The summed E-state index contributed by atoms with van der Waals surface area (Å²) in [5, 5.41) is 0. The summed E-state index contributed by atoms with van der Waals surface area (Å²) in [6.07, 6.45) is -1.39. The number of hydrogen-bond acceptors (Lipinski definition) is 3. The van der Waals surface area contributed by atoms with Crippen molar-refractivity contribution >= 4 is 17.1 Å². The minimum atomic E-state index is -1.56. The first-order valence-electron chi connectivity index (χ1n) is 6.26. The monoisotopic (exact) mass is 301 g/mol. The Bertz CT molecular complexity index is 555. The standard InChI is InChI=1S/C14H17F2NO2S/c1-14(2,3)20(18)17-12-8-5-6-10(15)13(19-4)9(8)7-11(12)16/h5-6,11H,7H2,1-4H3/t11-,20?/m0/s1. The molecule has 0 N–H and O–H groups in total. The molecular formula is C14H17F2NO2S. The maximum absolute atomic E-state index is 14.1. The number of ether oxygens (including phenoxy) is 1. The van der Waals surface area contributed by atoms with Crippen molar-refractivity contribution in [3.8, 4) is 5.75 Å². The van der Waals surface area contributed by atoms with Crippen molar-refractivity contribution in [1.29, 1.82) is 0 Å². The molecule has 1 aliphatic carbocycles. The number of hydrogen-bond donors (Lipinski definition) is 0. The number of alkyl halides is 1. The van der Waals surface area contributed by atoms with Crippen LogP contribution in [0, 0.1) is 5.82 Å². The highest BCUT2D eigenvalue weighted by Gasteiger charge is 2.36. The van der Waals surface area contributed by atoms with Crippen molar-refractivity contribution < 1.29 is 18.1 Å². The fraction of sp³-hybridized carbons (Fsp3) is 0.500. The van der Waals surface area contributed by atoms with Crippen LogP contribution < -0.4 is 4.74 Å². The largest absolute Gasteiger partial charge is 0.591 e. The summed E-state index contributed by atoms with van der Waals surface area (Å²) in [6.45, 7) is 5.30. The third-order valence-electron chi connectivity index (χ3n) is 3.08. The van der Waals surface area contributed by atoms with E-state index in [9.17, 15) is 13.3 Å². The average molecular weight is 301 g/mol. The van der Waals surface area contributed by atoms with Crippen LogP contribution in [0.25, 0.3) is 0 Å². The molecule has 2 atom stereocenters. The zero-order valence-corrected chi connectivity index (χ0v) is 12.7. The van der Waals surface area contributed by atoms with E-state index in [1.54, 1.807) is 20.8 Å². The van der Waals surface area contributed by atoms with E-state index < -0.39 is 28.1 Å². The van der Waals surface area contributed by atoms with Crippen molar-refractivity contribution in [3.05, 3.63) is 29.1 Å². The minimum Gasteiger partial charge on any atom is -0.591 e. The predicted octanol–water partition coefficient (Wildman–Crippen LogP) is 2.98. The first kappa shape index (κ1) is 15.3. The van der Waals surface area contributed by atoms with E-state index in [4.69, 9.17) is 4.74 Å². The van der Waals surface area contributed by atoms with Crippen LogP contribution in [0.2, 0.25) is 0 Å². The molecule has 1 unspecified atom stereocenters. The first-order chi connectivity index (χ1) is 9.25. The maximum Gasteiger partial charge on any atom is 0.165 e. The second-order valence-electron chi connectivity index (χ2n) is 5.62. The molecule has 0 aliphatic heterocycles. The maximum atomic E-state index is 14.1. The molecular weight excluding hydrogens is 284 g/mol. The average Bonchev–Trinajstić information content (AvgIpc) is 2.65. The second kappa shape index (κ2) is 5.33. The molecule has 6 heteroatoms. The van der Waals surface area contributed by atoms with Gasteiger partial charge in [0, 0.05) is 17.5 Å². The van der Waals surface area contributed by atoms with Crippen molar-refractivity contribution in [2.45, 2.75) is 38.1 Å². The number of methoxy groups -OCH3 is 1. The van der Waals surface area contributed by atoms with Crippen LogP contribution in [-0.4, -0.2) is 28.3 Å². The summed E-state index contributed by atoms with van der Waals surface area (Å²) in [5.41, 5.74) is 1.05. The second-order valence-corrected chi connectivity index (χ2v) is 7.52. The quantitative estimate of drug-likeness (QED) is 0.788. The van der Waals surface area contributed by atoms with Crippen molar-refractivity contribution in [2.24, 2.45) is 4.40 Å². The third-order valence-corrected chi connectivity index (χ3v) is 4.49. The van der Waals surface area contributed by atoms with E-state index in [1.165, 1.54) is 19.2 Å². The summed E-state index contributed by atoms with van der Waals surface area (Å²) in [5.74, 6) is -0.492. The van der Waals surface area contributed by atoms with Gasteiger partial charge < -0.3 is 9.29 Å². The Morgan fingerprint density at radius 2 is 2.05 bits per heavy atom. The normalized spacial score (nSPS) is 21.9. The first-order valence-corrected chi connectivity index (χ1v) is 7.36. The Hall–Kier alpha value is -1.14. The number of rotatable bonds is 2. The Morgan fingerprint density at radius 1 is 1.40 bits per heavy atom. The van der Waals surface area contributed by atoms with Crippen LogP contribution in [0.1, 0.15) is 31.9 Å². The van der Waals surface area contributed by atoms with Gasteiger partial charge in [-0.15, -0.1) is 0 Å². The molecule has 0 spiro atoms. The highest BCUT2D eigenvalue weighted by molar-refractivity contribution is 7.91. The van der Waals surface area contributed by atoms with Crippen molar-refractivity contribution in [2.75, 3.05) is 7.11 Å². The topological polar surface area (TPSA) is 44.6 Å². The summed E-state index contributed by atoms with van der Waals surface area (Å²) >= 11 is -1.56. The molecule has 0 bridgehead atoms. The molecule has 1 aromatic carbocycles. The lowest BCUT2D eigenvalue weighted by atomic mass is 10.1. The Balaban J connectivity index is 2.49. The number of halogens is 2. The molecule has 0 fully saturated rings. The smallest absolute Gasteiger partial charge is 0.165 e.